The van der Waals surface area contributed by atoms with Crippen molar-refractivity contribution < 1.29 is 9.18 Å². The summed E-state index contributed by atoms with van der Waals surface area (Å²) in [4.78, 5) is 14.7. The van der Waals surface area contributed by atoms with E-state index in [9.17, 15) is 9.18 Å². The highest BCUT2D eigenvalue weighted by atomic mass is 32.2. The van der Waals surface area contributed by atoms with Crippen LogP contribution in [-0.4, -0.2) is 43.9 Å². The van der Waals surface area contributed by atoms with E-state index < -0.39 is 0 Å². The number of carbonyl (C=O) groups is 1. The molecule has 7 heteroatoms. The highest BCUT2D eigenvalue weighted by Crippen LogP contribution is 2.27. The van der Waals surface area contributed by atoms with E-state index in [1.807, 2.05) is 4.90 Å². The van der Waals surface area contributed by atoms with Crippen LogP contribution in [0, 0.1) is 5.82 Å². The van der Waals surface area contributed by atoms with Gasteiger partial charge in [0.25, 0.3) is 0 Å². The SMILES string of the molecule is C=CCn1c(SCC(=O)N2CCCCC2CC)nnc1-c1ccccc1F. The summed E-state index contributed by atoms with van der Waals surface area (Å²) in [6, 6.07) is 6.83. The van der Waals surface area contributed by atoms with Gasteiger partial charge in [-0.05, 0) is 37.8 Å². The van der Waals surface area contributed by atoms with Crippen molar-refractivity contribution >= 4 is 17.7 Å². The zero-order chi connectivity index (χ0) is 19.2. The van der Waals surface area contributed by atoms with Crippen LogP contribution in [0.5, 0.6) is 0 Å². The molecule has 1 aliphatic heterocycles. The standard InChI is InChI=1S/C20H25FN4OS/c1-3-12-25-19(16-10-5-6-11-17(16)21)22-23-20(25)27-14-18(26)24-13-8-7-9-15(24)4-2/h3,5-6,10-11,15H,1,4,7-9,12-14H2,2H3. The molecule has 1 aromatic heterocycles. The Bertz CT molecular complexity index is 807. The summed E-state index contributed by atoms with van der Waals surface area (Å²) in [5.74, 6) is 0.546. The summed E-state index contributed by atoms with van der Waals surface area (Å²) in [6.45, 7) is 7.18. The fourth-order valence-electron chi connectivity index (χ4n) is 3.49. The molecule has 144 valence electrons. The maximum Gasteiger partial charge on any atom is 0.233 e. The molecule has 1 aliphatic rings. The zero-order valence-electron chi connectivity index (χ0n) is 15.6. The molecular weight excluding hydrogens is 363 g/mol. The van der Waals surface area contributed by atoms with E-state index in [4.69, 9.17) is 0 Å². The molecule has 1 atom stereocenters. The third kappa shape index (κ3) is 4.40. The first-order chi connectivity index (χ1) is 13.2. The molecule has 1 unspecified atom stereocenters. The van der Waals surface area contributed by atoms with Crippen molar-refractivity contribution in [1.29, 1.82) is 0 Å². The Labute approximate surface area is 163 Å². The molecule has 5 nitrogen and oxygen atoms in total. The second-order valence-electron chi connectivity index (χ2n) is 6.62. The second kappa shape index (κ2) is 9.17. The number of hydrogen-bond acceptors (Lipinski definition) is 4. The largest absolute Gasteiger partial charge is 0.339 e. The average Bonchev–Trinajstić information content (AvgIpc) is 3.09. The number of benzene rings is 1. The quantitative estimate of drug-likeness (QED) is 0.528. The Balaban J connectivity index is 1.76. The first kappa shape index (κ1) is 19.6. The van der Waals surface area contributed by atoms with Crippen molar-refractivity contribution in [2.75, 3.05) is 12.3 Å². The minimum absolute atomic E-state index is 0.132. The molecule has 3 rings (SSSR count). The number of nitrogens with zero attached hydrogens (tertiary/aromatic N) is 4. The summed E-state index contributed by atoms with van der Waals surface area (Å²) in [5.41, 5.74) is 0.395. The molecule has 2 aromatic rings. The van der Waals surface area contributed by atoms with Gasteiger partial charge in [0.1, 0.15) is 5.82 Å². The van der Waals surface area contributed by atoms with E-state index >= 15 is 0 Å². The van der Waals surface area contributed by atoms with Gasteiger partial charge in [0, 0.05) is 19.1 Å². The van der Waals surface area contributed by atoms with Crippen LogP contribution in [0.25, 0.3) is 11.4 Å². The number of likely N-dealkylation sites (tertiary alicyclic amines) is 1. The number of rotatable bonds is 7. The molecule has 2 heterocycles. The van der Waals surface area contributed by atoms with Crippen molar-refractivity contribution in [2.45, 2.75) is 50.4 Å². The van der Waals surface area contributed by atoms with E-state index in [-0.39, 0.29) is 11.7 Å². The number of amides is 1. The molecule has 0 aliphatic carbocycles. The maximum absolute atomic E-state index is 14.2. The van der Waals surface area contributed by atoms with Crippen LogP contribution < -0.4 is 0 Å². The molecule has 0 N–H and O–H groups in total. The van der Waals surface area contributed by atoms with Gasteiger partial charge in [-0.25, -0.2) is 4.39 Å². The second-order valence-corrected chi connectivity index (χ2v) is 7.56. The predicted octanol–water partition coefficient (Wildman–Crippen LogP) is 4.15. The minimum Gasteiger partial charge on any atom is -0.339 e. The van der Waals surface area contributed by atoms with Gasteiger partial charge in [-0.3, -0.25) is 9.36 Å². The Morgan fingerprint density at radius 3 is 2.93 bits per heavy atom. The Hall–Kier alpha value is -2.15. The van der Waals surface area contributed by atoms with Gasteiger partial charge >= 0.3 is 0 Å². The van der Waals surface area contributed by atoms with Crippen molar-refractivity contribution in [1.82, 2.24) is 19.7 Å². The fourth-order valence-corrected chi connectivity index (χ4v) is 4.33. The summed E-state index contributed by atoms with van der Waals surface area (Å²) >= 11 is 1.35. The van der Waals surface area contributed by atoms with E-state index in [0.717, 1.165) is 25.8 Å². The first-order valence-corrected chi connectivity index (χ1v) is 10.4. The third-order valence-corrected chi connectivity index (χ3v) is 5.84. The van der Waals surface area contributed by atoms with Crippen LogP contribution in [0.1, 0.15) is 32.6 Å². The zero-order valence-corrected chi connectivity index (χ0v) is 16.4. The first-order valence-electron chi connectivity index (χ1n) is 9.37. The molecule has 0 radical (unpaired) electrons. The number of piperidine rings is 1. The van der Waals surface area contributed by atoms with E-state index in [0.29, 0.717) is 34.9 Å². The number of allylic oxidation sites excluding steroid dienone is 1. The number of halogens is 1. The Morgan fingerprint density at radius 2 is 2.19 bits per heavy atom. The number of aromatic nitrogens is 3. The molecule has 0 bridgehead atoms. The maximum atomic E-state index is 14.2. The summed E-state index contributed by atoms with van der Waals surface area (Å²) < 4.78 is 16.0. The van der Waals surface area contributed by atoms with Crippen molar-refractivity contribution in [3.8, 4) is 11.4 Å². The van der Waals surface area contributed by atoms with Gasteiger partial charge in [-0.2, -0.15) is 0 Å². The molecule has 1 aromatic carbocycles. The lowest BCUT2D eigenvalue weighted by molar-refractivity contribution is -0.132. The highest BCUT2D eigenvalue weighted by Gasteiger charge is 2.26. The van der Waals surface area contributed by atoms with Gasteiger partial charge < -0.3 is 4.90 Å². The summed E-state index contributed by atoms with van der Waals surface area (Å²) in [6.07, 6.45) is 6.04. The van der Waals surface area contributed by atoms with E-state index in [1.54, 1.807) is 28.8 Å². The number of carbonyl (C=O) groups excluding carboxylic acids is 1. The fraction of sp³-hybridized carbons (Fsp3) is 0.450. The topological polar surface area (TPSA) is 51.0 Å². The number of thioether (sulfide) groups is 1. The molecule has 0 saturated carbocycles. The molecule has 1 fully saturated rings. The third-order valence-electron chi connectivity index (χ3n) is 4.89. The average molecular weight is 389 g/mol. The predicted molar refractivity (Wildman–Crippen MR) is 106 cm³/mol. The van der Waals surface area contributed by atoms with Gasteiger partial charge in [0.05, 0.1) is 11.3 Å². The Kier molecular flexibility index (Phi) is 6.66. The molecule has 1 amide bonds. The lowest BCUT2D eigenvalue weighted by atomic mass is 10.0. The van der Waals surface area contributed by atoms with Gasteiger partial charge in [-0.15, -0.1) is 16.8 Å². The van der Waals surface area contributed by atoms with Crippen LogP contribution in [0.15, 0.2) is 42.1 Å². The molecule has 27 heavy (non-hydrogen) atoms. The monoisotopic (exact) mass is 388 g/mol. The minimum atomic E-state index is -0.345. The van der Waals surface area contributed by atoms with Crippen molar-refractivity contribution in [2.24, 2.45) is 0 Å². The van der Waals surface area contributed by atoms with Crippen LogP contribution >= 0.6 is 11.8 Å². The smallest absolute Gasteiger partial charge is 0.233 e. The lowest BCUT2D eigenvalue weighted by Gasteiger charge is -2.35. The molecule has 1 saturated heterocycles. The van der Waals surface area contributed by atoms with Gasteiger partial charge in [0.15, 0.2) is 11.0 Å². The van der Waals surface area contributed by atoms with Gasteiger partial charge in [-0.1, -0.05) is 36.9 Å². The molecule has 0 spiro atoms. The van der Waals surface area contributed by atoms with Crippen LogP contribution in [-0.2, 0) is 11.3 Å². The Morgan fingerprint density at radius 1 is 1.37 bits per heavy atom. The van der Waals surface area contributed by atoms with E-state index in [2.05, 4.69) is 23.7 Å². The van der Waals surface area contributed by atoms with Crippen molar-refractivity contribution in [3.63, 3.8) is 0 Å². The number of hydrogen-bond donors (Lipinski definition) is 0. The summed E-state index contributed by atoms with van der Waals surface area (Å²) in [7, 11) is 0. The normalized spacial score (nSPS) is 17.1. The van der Waals surface area contributed by atoms with Crippen LogP contribution in [0.2, 0.25) is 0 Å². The van der Waals surface area contributed by atoms with Crippen LogP contribution in [0.3, 0.4) is 0 Å². The van der Waals surface area contributed by atoms with Crippen molar-refractivity contribution in [3.05, 3.63) is 42.7 Å². The molecular formula is C20H25FN4OS. The summed E-state index contributed by atoms with van der Waals surface area (Å²) in [5, 5.41) is 8.97. The van der Waals surface area contributed by atoms with E-state index in [1.165, 1.54) is 24.2 Å². The van der Waals surface area contributed by atoms with Crippen LogP contribution in [0.4, 0.5) is 4.39 Å². The lowest BCUT2D eigenvalue weighted by Crippen LogP contribution is -2.44. The highest BCUT2D eigenvalue weighted by molar-refractivity contribution is 7.99. The van der Waals surface area contributed by atoms with Gasteiger partial charge in [0.2, 0.25) is 5.91 Å².